The zero-order valence-electron chi connectivity index (χ0n) is 10.7. The van der Waals surface area contributed by atoms with E-state index < -0.39 is 11.7 Å². The van der Waals surface area contributed by atoms with E-state index in [4.69, 9.17) is 0 Å². The van der Waals surface area contributed by atoms with Crippen LogP contribution in [0.25, 0.3) is 0 Å². The van der Waals surface area contributed by atoms with Gasteiger partial charge in [-0.15, -0.1) is 12.4 Å². The van der Waals surface area contributed by atoms with Gasteiger partial charge in [-0.05, 0) is 6.92 Å². The van der Waals surface area contributed by atoms with E-state index in [9.17, 15) is 18.0 Å². The predicted molar refractivity (Wildman–Crippen MR) is 68.7 cm³/mol. The molecule has 1 amide bonds. The third-order valence-electron chi connectivity index (χ3n) is 3.03. The molecular weight excluding hydrogens is 297 g/mol. The maximum Gasteiger partial charge on any atom is 0.419 e. The Labute approximate surface area is 120 Å². The lowest BCUT2D eigenvalue weighted by Crippen LogP contribution is -2.52. The Morgan fingerprint density at radius 2 is 1.90 bits per heavy atom. The van der Waals surface area contributed by atoms with Crippen LogP contribution in [0.4, 0.5) is 19.1 Å². The molecule has 0 unspecified atom stereocenters. The summed E-state index contributed by atoms with van der Waals surface area (Å²) in [5.41, 5.74) is -0.865. The third kappa shape index (κ3) is 3.50. The maximum absolute atomic E-state index is 12.4. The van der Waals surface area contributed by atoms with Gasteiger partial charge in [-0.25, -0.2) is 9.97 Å². The molecule has 2 heterocycles. The number of rotatable bonds is 2. The summed E-state index contributed by atoms with van der Waals surface area (Å²) < 4.78 is 37.2. The summed E-state index contributed by atoms with van der Waals surface area (Å²) >= 11 is 0. The van der Waals surface area contributed by atoms with Crippen LogP contribution in [0, 0.1) is 0 Å². The summed E-state index contributed by atoms with van der Waals surface area (Å²) in [6, 6.07) is -0.0318. The Morgan fingerprint density at radius 3 is 2.35 bits per heavy atom. The van der Waals surface area contributed by atoms with E-state index in [1.54, 1.807) is 9.80 Å². The molecule has 2 rings (SSSR count). The first-order valence-corrected chi connectivity index (χ1v) is 5.77. The van der Waals surface area contributed by atoms with E-state index in [1.165, 1.54) is 0 Å². The lowest BCUT2D eigenvalue weighted by molar-refractivity contribution is -0.138. The number of hydrogen-bond donors (Lipinski definition) is 0. The molecule has 0 saturated carbocycles. The lowest BCUT2D eigenvalue weighted by atomic mass is 10.2. The first-order valence-electron chi connectivity index (χ1n) is 5.77. The highest BCUT2D eigenvalue weighted by Gasteiger charge is 2.32. The molecule has 20 heavy (non-hydrogen) atoms. The highest BCUT2D eigenvalue weighted by atomic mass is 35.5. The largest absolute Gasteiger partial charge is 0.419 e. The van der Waals surface area contributed by atoms with Crippen molar-refractivity contribution in [3.05, 3.63) is 18.0 Å². The molecule has 9 heteroatoms. The third-order valence-corrected chi connectivity index (χ3v) is 3.03. The SMILES string of the molecule is C[C@H]1CN(C=O)CCN1c1ncc(C(F)(F)F)cn1.Cl. The van der Waals surface area contributed by atoms with Crippen molar-refractivity contribution in [1.29, 1.82) is 0 Å². The zero-order valence-corrected chi connectivity index (χ0v) is 11.5. The second kappa shape index (κ2) is 6.25. The molecule has 1 fully saturated rings. The minimum Gasteiger partial charge on any atom is -0.341 e. The number of hydrogen-bond acceptors (Lipinski definition) is 4. The Kier molecular flexibility index (Phi) is 5.15. The normalized spacial score (nSPS) is 19.5. The molecule has 0 bridgehead atoms. The molecule has 0 radical (unpaired) electrons. The summed E-state index contributed by atoms with van der Waals surface area (Å²) in [6.07, 6.45) is -2.11. The zero-order chi connectivity index (χ0) is 14.0. The van der Waals surface area contributed by atoms with E-state index in [1.807, 2.05) is 6.92 Å². The summed E-state index contributed by atoms with van der Waals surface area (Å²) in [4.78, 5) is 21.6. The second-order valence-electron chi connectivity index (χ2n) is 4.41. The van der Waals surface area contributed by atoms with Crippen molar-refractivity contribution in [3.8, 4) is 0 Å². The monoisotopic (exact) mass is 310 g/mol. The Balaban J connectivity index is 0.00000200. The van der Waals surface area contributed by atoms with Crippen molar-refractivity contribution in [2.45, 2.75) is 19.1 Å². The first kappa shape index (κ1) is 16.5. The van der Waals surface area contributed by atoms with Gasteiger partial charge in [0.15, 0.2) is 0 Å². The summed E-state index contributed by atoms with van der Waals surface area (Å²) in [5, 5.41) is 0. The molecule has 1 aromatic rings. The summed E-state index contributed by atoms with van der Waals surface area (Å²) in [5.74, 6) is 0.256. The maximum atomic E-state index is 12.4. The van der Waals surface area contributed by atoms with E-state index in [-0.39, 0.29) is 24.4 Å². The van der Waals surface area contributed by atoms with Crippen molar-refractivity contribution >= 4 is 24.8 Å². The molecule has 1 aromatic heterocycles. The molecule has 112 valence electrons. The van der Waals surface area contributed by atoms with Crippen molar-refractivity contribution in [2.24, 2.45) is 0 Å². The minimum absolute atomic E-state index is 0. The average Bonchev–Trinajstić information content (AvgIpc) is 2.37. The Bertz CT molecular complexity index is 454. The fourth-order valence-electron chi connectivity index (χ4n) is 1.99. The van der Waals surface area contributed by atoms with Crippen LogP contribution < -0.4 is 4.90 Å². The van der Waals surface area contributed by atoms with Gasteiger partial charge in [-0.2, -0.15) is 13.2 Å². The van der Waals surface area contributed by atoms with Crippen LogP contribution in [0.5, 0.6) is 0 Å². The van der Waals surface area contributed by atoms with Crippen molar-refractivity contribution in [2.75, 3.05) is 24.5 Å². The molecule has 1 aliphatic rings. The fourth-order valence-corrected chi connectivity index (χ4v) is 1.99. The van der Waals surface area contributed by atoms with Gasteiger partial charge >= 0.3 is 6.18 Å². The van der Waals surface area contributed by atoms with Gasteiger partial charge in [-0.3, -0.25) is 4.79 Å². The Hall–Kier alpha value is -1.57. The van der Waals surface area contributed by atoms with E-state index in [0.29, 0.717) is 19.6 Å². The van der Waals surface area contributed by atoms with Gasteiger partial charge < -0.3 is 9.80 Å². The fraction of sp³-hybridized carbons (Fsp3) is 0.545. The van der Waals surface area contributed by atoms with Gasteiger partial charge in [0.05, 0.1) is 5.56 Å². The quantitative estimate of drug-likeness (QED) is 0.778. The summed E-state index contributed by atoms with van der Waals surface area (Å²) in [6.45, 7) is 3.40. The number of piperazine rings is 1. The van der Waals surface area contributed by atoms with Crippen LogP contribution in [0.3, 0.4) is 0 Å². The van der Waals surface area contributed by atoms with Gasteiger partial charge in [0.2, 0.25) is 12.4 Å². The number of anilines is 1. The first-order chi connectivity index (χ1) is 8.91. The second-order valence-corrected chi connectivity index (χ2v) is 4.41. The molecule has 1 atom stereocenters. The average molecular weight is 311 g/mol. The van der Waals surface area contributed by atoms with Crippen molar-refractivity contribution in [3.63, 3.8) is 0 Å². The van der Waals surface area contributed by atoms with E-state index >= 15 is 0 Å². The highest BCUT2D eigenvalue weighted by Crippen LogP contribution is 2.28. The number of aromatic nitrogens is 2. The van der Waals surface area contributed by atoms with Gasteiger partial charge in [-0.1, -0.05) is 0 Å². The van der Waals surface area contributed by atoms with Gasteiger partial charge in [0.1, 0.15) is 0 Å². The van der Waals surface area contributed by atoms with Gasteiger partial charge in [0, 0.05) is 38.1 Å². The van der Waals surface area contributed by atoms with E-state index in [0.717, 1.165) is 18.8 Å². The van der Waals surface area contributed by atoms with Crippen LogP contribution in [-0.4, -0.2) is 47.0 Å². The number of carbonyl (C=O) groups is 1. The summed E-state index contributed by atoms with van der Waals surface area (Å²) in [7, 11) is 0. The standard InChI is InChI=1S/C11H13F3N4O.ClH/c1-8-6-17(7-19)2-3-18(8)10-15-4-9(5-16-10)11(12,13)14;/h4-5,7-8H,2-3,6H2,1H3;1H/t8-;/m0./s1. The Morgan fingerprint density at radius 1 is 1.30 bits per heavy atom. The number of carbonyl (C=O) groups excluding carboxylic acids is 1. The number of halogens is 4. The van der Waals surface area contributed by atoms with Crippen LogP contribution in [0.1, 0.15) is 12.5 Å². The van der Waals surface area contributed by atoms with E-state index in [2.05, 4.69) is 9.97 Å². The molecule has 5 nitrogen and oxygen atoms in total. The smallest absolute Gasteiger partial charge is 0.341 e. The topological polar surface area (TPSA) is 49.3 Å². The molecule has 1 aliphatic heterocycles. The predicted octanol–water partition coefficient (Wildman–Crippen LogP) is 1.58. The number of nitrogens with zero attached hydrogens (tertiary/aromatic N) is 4. The number of alkyl halides is 3. The lowest BCUT2D eigenvalue weighted by Gasteiger charge is -2.38. The van der Waals surface area contributed by atoms with Crippen molar-refractivity contribution < 1.29 is 18.0 Å². The van der Waals surface area contributed by atoms with Crippen LogP contribution in [0.2, 0.25) is 0 Å². The molecular formula is C11H14ClF3N4O. The minimum atomic E-state index is -4.43. The number of amides is 1. The molecule has 0 N–H and O–H groups in total. The molecule has 1 saturated heterocycles. The molecule has 0 aliphatic carbocycles. The van der Waals surface area contributed by atoms with Crippen LogP contribution in [-0.2, 0) is 11.0 Å². The van der Waals surface area contributed by atoms with Crippen LogP contribution in [0.15, 0.2) is 12.4 Å². The molecule has 0 aromatic carbocycles. The highest BCUT2D eigenvalue weighted by molar-refractivity contribution is 5.85. The van der Waals surface area contributed by atoms with Gasteiger partial charge in [0.25, 0.3) is 0 Å². The molecule has 0 spiro atoms. The van der Waals surface area contributed by atoms with Crippen molar-refractivity contribution in [1.82, 2.24) is 14.9 Å². The van der Waals surface area contributed by atoms with Crippen LogP contribution >= 0.6 is 12.4 Å².